The molecule has 0 saturated heterocycles. The molecule has 1 heterocycles. The second-order valence-electron chi connectivity index (χ2n) is 1.90. The van der Waals surface area contributed by atoms with Crippen LogP contribution in [0.4, 0.5) is 4.39 Å². The minimum Gasteiger partial charge on any atom is -0.228 e. The first kappa shape index (κ1) is 8.15. The van der Waals surface area contributed by atoms with Crippen LogP contribution in [0.5, 0.6) is 0 Å². The number of aromatic nitrogens is 1. The van der Waals surface area contributed by atoms with Gasteiger partial charge in [-0.2, -0.15) is 9.65 Å². The van der Waals surface area contributed by atoms with Gasteiger partial charge in [0.2, 0.25) is 5.95 Å². The molecule has 0 atom stereocenters. The predicted molar refractivity (Wildman–Crippen MR) is 41.2 cm³/mol. The van der Waals surface area contributed by atoms with E-state index in [0.29, 0.717) is 10.0 Å². The zero-order valence-corrected chi connectivity index (χ0v) is 7.10. The van der Waals surface area contributed by atoms with Crippen molar-refractivity contribution in [3.63, 3.8) is 0 Å². The first-order valence-electron chi connectivity index (χ1n) is 2.91. The first-order chi connectivity index (χ1) is 5.25. The molecule has 0 bridgehead atoms. The Kier molecular flexibility index (Phi) is 2.55. The third-order valence-corrected chi connectivity index (χ3v) is 1.94. The van der Waals surface area contributed by atoms with Crippen LogP contribution in [0.2, 0.25) is 0 Å². The van der Waals surface area contributed by atoms with Crippen molar-refractivity contribution in [1.29, 1.82) is 5.26 Å². The summed E-state index contributed by atoms with van der Waals surface area (Å²) in [5, 5.41) is 8.30. The zero-order chi connectivity index (χ0) is 8.27. The van der Waals surface area contributed by atoms with Crippen molar-refractivity contribution in [3.05, 3.63) is 28.2 Å². The van der Waals surface area contributed by atoms with Crippen LogP contribution in [0.25, 0.3) is 0 Å². The minimum absolute atomic E-state index is 0.0419. The Labute approximate surface area is 71.8 Å². The summed E-state index contributed by atoms with van der Waals surface area (Å²) in [7, 11) is 0. The molecule has 0 aromatic carbocycles. The fraction of sp³-hybridized carbons (Fsp3) is 0.143. The summed E-state index contributed by atoms with van der Waals surface area (Å²) < 4.78 is 13.3. The van der Waals surface area contributed by atoms with Crippen LogP contribution in [0, 0.1) is 17.3 Å². The summed E-state index contributed by atoms with van der Waals surface area (Å²) >= 11 is 3.12. The van der Waals surface area contributed by atoms with E-state index >= 15 is 0 Å². The lowest BCUT2D eigenvalue weighted by Gasteiger charge is -1.97. The maximum Gasteiger partial charge on any atom is 0.218 e. The van der Waals surface area contributed by atoms with E-state index in [9.17, 15) is 4.39 Å². The summed E-state index contributed by atoms with van der Waals surface area (Å²) in [6.07, 6.45) is 1.39. The van der Waals surface area contributed by atoms with Gasteiger partial charge in [0.25, 0.3) is 0 Å². The highest BCUT2D eigenvalue weighted by molar-refractivity contribution is 9.10. The molecule has 11 heavy (non-hydrogen) atoms. The molecular formula is C7H4BrFN2. The average molecular weight is 215 g/mol. The Balaban J connectivity index is 3.12. The van der Waals surface area contributed by atoms with Crippen LogP contribution in [0.3, 0.4) is 0 Å². The molecule has 2 nitrogen and oxygen atoms in total. The quantitative estimate of drug-likeness (QED) is 0.672. The molecule has 4 heteroatoms. The third kappa shape index (κ3) is 1.75. The van der Waals surface area contributed by atoms with Crippen molar-refractivity contribution in [2.45, 2.75) is 6.42 Å². The molecule has 0 aliphatic rings. The highest BCUT2D eigenvalue weighted by Crippen LogP contribution is 2.17. The first-order valence-corrected chi connectivity index (χ1v) is 3.71. The number of nitrogens with zero attached hydrogens (tertiary/aromatic N) is 2. The lowest BCUT2D eigenvalue weighted by atomic mass is 10.2. The Morgan fingerprint density at radius 1 is 1.73 bits per heavy atom. The van der Waals surface area contributed by atoms with Gasteiger partial charge < -0.3 is 0 Å². The number of halogens is 2. The molecule has 1 aromatic heterocycles. The Hall–Kier alpha value is -0.950. The molecule has 1 rings (SSSR count). The van der Waals surface area contributed by atoms with Crippen LogP contribution >= 0.6 is 15.9 Å². The molecule has 0 spiro atoms. The normalized spacial score (nSPS) is 9.18. The zero-order valence-electron chi connectivity index (χ0n) is 5.51. The van der Waals surface area contributed by atoms with Gasteiger partial charge in [0, 0.05) is 16.2 Å². The van der Waals surface area contributed by atoms with Crippen LogP contribution in [0.1, 0.15) is 5.56 Å². The fourth-order valence-electron chi connectivity index (χ4n) is 0.682. The highest BCUT2D eigenvalue weighted by Gasteiger charge is 2.05. The SMILES string of the molecule is N#CCc1c(Br)ccnc1F. The molecule has 0 fully saturated rings. The Morgan fingerprint density at radius 3 is 3.00 bits per heavy atom. The fourth-order valence-corrected chi connectivity index (χ4v) is 1.10. The van der Waals surface area contributed by atoms with E-state index in [1.807, 2.05) is 6.07 Å². The van der Waals surface area contributed by atoms with Crippen molar-refractivity contribution in [1.82, 2.24) is 4.98 Å². The van der Waals surface area contributed by atoms with E-state index in [2.05, 4.69) is 20.9 Å². The van der Waals surface area contributed by atoms with Crippen LogP contribution in [-0.4, -0.2) is 4.98 Å². The molecule has 0 amide bonds. The predicted octanol–water partition coefficient (Wildman–Crippen LogP) is 2.05. The smallest absolute Gasteiger partial charge is 0.218 e. The van der Waals surface area contributed by atoms with Gasteiger partial charge in [0.15, 0.2) is 0 Å². The summed E-state index contributed by atoms with van der Waals surface area (Å²) in [4.78, 5) is 3.41. The van der Waals surface area contributed by atoms with E-state index in [1.165, 1.54) is 6.20 Å². The van der Waals surface area contributed by atoms with E-state index in [1.54, 1.807) is 6.07 Å². The molecule has 0 N–H and O–H groups in total. The van der Waals surface area contributed by atoms with E-state index in [-0.39, 0.29) is 6.42 Å². The largest absolute Gasteiger partial charge is 0.228 e. The van der Waals surface area contributed by atoms with E-state index < -0.39 is 5.95 Å². The lowest BCUT2D eigenvalue weighted by Crippen LogP contribution is -1.92. The molecule has 1 aromatic rings. The van der Waals surface area contributed by atoms with Gasteiger partial charge in [-0.1, -0.05) is 15.9 Å². The second kappa shape index (κ2) is 3.44. The number of hydrogen-bond acceptors (Lipinski definition) is 2. The lowest BCUT2D eigenvalue weighted by molar-refractivity contribution is 0.570. The molecule has 0 aliphatic heterocycles. The van der Waals surface area contributed by atoms with Gasteiger partial charge >= 0.3 is 0 Å². The number of rotatable bonds is 1. The molecule has 0 saturated carbocycles. The van der Waals surface area contributed by atoms with Gasteiger partial charge in [-0.3, -0.25) is 0 Å². The summed E-state index contributed by atoms with van der Waals surface area (Å²) in [6, 6.07) is 3.46. The van der Waals surface area contributed by atoms with Crippen LogP contribution in [0.15, 0.2) is 16.7 Å². The summed E-state index contributed by atoms with van der Waals surface area (Å²) in [6.45, 7) is 0. The van der Waals surface area contributed by atoms with Crippen molar-refractivity contribution in [2.75, 3.05) is 0 Å². The summed E-state index contributed by atoms with van der Waals surface area (Å²) in [5.41, 5.74) is 0.315. The number of nitriles is 1. The topological polar surface area (TPSA) is 36.7 Å². The minimum atomic E-state index is -0.582. The molecule has 56 valence electrons. The van der Waals surface area contributed by atoms with Crippen LogP contribution in [-0.2, 0) is 6.42 Å². The van der Waals surface area contributed by atoms with E-state index in [0.717, 1.165) is 0 Å². The van der Waals surface area contributed by atoms with Crippen LogP contribution < -0.4 is 0 Å². The standard InChI is InChI=1S/C7H4BrFN2/c8-6-2-4-11-7(9)5(6)1-3-10/h2,4H,1H2. The van der Waals surface area contributed by atoms with Gasteiger partial charge in [-0.15, -0.1) is 0 Å². The van der Waals surface area contributed by atoms with Crippen molar-refractivity contribution in [2.24, 2.45) is 0 Å². The van der Waals surface area contributed by atoms with Gasteiger partial charge in [-0.25, -0.2) is 4.98 Å². The van der Waals surface area contributed by atoms with E-state index in [4.69, 9.17) is 5.26 Å². The maximum absolute atomic E-state index is 12.7. The molecular weight excluding hydrogens is 211 g/mol. The third-order valence-electron chi connectivity index (χ3n) is 1.20. The van der Waals surface area contributed by atoms with Crippen molar-refractivity contribution >= 4 is 15.9 Å². The highest BCUT2D eigenvalue weighted by atomic mass is 79.9. The average Bonchev–Trinajstić information content (AvgIpc) is 1.97. The van der Waals surface area contributed by atoms with Gasteiger partial charge in [0.05, 0.1) is 12.5 Å². The number of pyridine rings is 1. The Morgan fingerprint density at radius 2 is 2.45 bits per heavy atom. The molecule has 0 aliphatic carbocycles. The number of hydrogen-bond donors (Lipinski definition) is 0. The van der Waals surface area contributed by atoms with Crippen molar-refractivity contribution < 1.29 is 4.39 Å². The summed E-state index contributed by atoms with van der Waals surface area (Å²) in [5.74, 6) is -0.582. The van der Waals surface area contributed by atoms with Gasteiger partial charge in [0.1, 0.15) is 0 Å². The monoisotopic (exact) mass is 214 g/mol. The second-order valence-corrected chi connectivity index (χ2v) is 2.75. The Bertz CT molecular complexity index is 286. The van der Waals surface area contributed by atoms with Crippen molar-refractivity contribution in [3.8, 4) is 6.07 Å². The molecule has 0 unspecified atom stereocenters. The molecule has 0 radical (unpaired) electrons. The maximum atomic E-state index is 12.7. The van der Waals surface area contributed by atoms with Gasteiger partial charge in [-0.05, 0) is 6.07 Å².